The third kappa shape index (κ3) is 2.86. The minimum absolute atomic E-state index is 0.0828. The summed E-state index contributed by atoms with van der Waals surface area (Å²) in [6, 6.07) is 1.80. The molecular weight excluding hydrogens is 232 g/mol. The van der Waals surface area contributed by atoms with E-state index in [2.05, 4.69) is 25.6 Å². The van der Waals surface area contributed by atoms with E-state index in [1.807, 2.05) is 6.92 Å². The molecule has 1 aromatic rings. The van der Waals surface area contributed by atoms with E-state index < -0.39 is 0 Å². The average Bonchev–Trinajstić information content (AvgIpc) is 2.63. The molecule has 0 unspecified atom stereocenters. The van der Waals surface area contributed by atoms with Crippen molar-refractivity contribution in [3.05, 3.63) is 11.9 Å². The minimum Gasteiger partial charge on any atom is -0.354 e. The van der Waals surface area contributed by atoms with Gasteiger partial charge in [0.25, 0.3) is 0 Å². The molecule has 7 heteroatoms. The molecule has 0 aromatic carbocycles. The highest BCUT2D eigenvalue weighted by Gasteiger charge is 2.16. The quantitative estimate of drug-likeness (QED) is 0.501. The molecule has 18 heavy (non-hydrogen) atoms. The van der Waals surface area contributed by atoms with Crippen LogP contribution in [0.25, 0.3) is 0 Å². The number of anilines is 2. The van der Waals surface area contributed by atoms with Gasteiger partial charge < -0.3 is 15.6 Å². The lowest BCUT2D eigenvalue weighted by Gasteiger charge is -2.21. The number of carbonyl (C=O) groups is 1. The molecule has 98 valence electrons. The normalized spacial score (nSPS) is 16.1. The van der Waals surface area contributed by atoms with Crippen LogP contribution in [0.5, 0.6) is 0 Å². The second-order valence-electron chi connectivity index (χ2n) is 4.11. The number of hydrogen-bond acceptors (Lipinski definition) is 6. The molecule has 2 heterocycles. The van der Waals surface area contributed by atoms with Crippen LogP contribution in [0.2, 0.25) is 0 Å². The van der Waals surface area contributed by atoms with Gasteiger partial charge in [-0.2, -0.15) is 0 Å². The Labute approximate surface area is 106 Å². The molecule has 2 rings (SSSR count). The SMILES string of the molecule is CCc1nc(NN)cc(N2CCNC(=O)CC2)n1. The molecule has 0 bridgehead atoms. The lowest BCUT2D eigenvalue weighted by atomic mass is 10.3. The van der Waals surface area contributed by atoms with Gasteiger partial charge in [-0.1, -0.05) is 6.92 Å². The minimum atomic E-state index is 0.0828. The van der Waals surface area contributed by atoms with Gasteiger partial charge in [0, 0.05) is 38.5 Å². The zero-order chi connectivity index (χ0) is 13.0. The Morgan fingerprint density at radius 1 is 1.50 bits per heavy atom. The first-order valence-electron chi connectivity index (χ1n) is 6.09. The summed E-state index contributed by atoms with van der Waals surface area (Å²) in [6.07, 6.45) is 1.23. The standard InChI is InChI=1S/C11H18N6O/c1-2-8-14-9(16-12)7-10(15-8)17-5-3-11(18)13-4-6-17/h7H,2-6,12H2,1H3,(H,13,18)(H,14,15,16). The number of rotatable bonds is 3. The summed E-state index contributed by atoms with van der Waals surface area (Å²) in [6.45, 7) is 4.04. The van der Waals surface area contributed by atoms with Crippen LogP contribution < -0.4 is 21.5 Å². The molecule has 1 aromatic heterocycles. The Hall–Kier alpha value is -1.89. The van der Waals surface area contributed by atoms with Crippen LogP contribution in [0.15, 0.2) is 6.07 Å². The van der Waals surface area contributed by atoms with Gasteiger partial charge in [-0.05, 0) is 0 Å². The Morgan fingerprint density at radius 2 is 2.33 bits per heavy atom. The molecule has 0 saturated carbocycles. The van der Waals surface area contributed by atoms with Gasteiger partial charge in [-0.15, -0.1) is 0 Å². The van der Waals surface area contributed by atoms with Gasteiger partial charge in [0.2, 0.25) is 5.91 Å². The third-order valence-corrected chi connectivity index (χ3v) is 2.86. The van der Waals surface area contributed by atoms with E-state index in [9.17, 15) is 4.79 Å². The van der Waals surface area contributed by atoms with E-state index in [-0.39, 0.29) is 5.91 Å². The van der Waals surface area contributed by atoms with Crippen LogP contribution in [-0.2, 0) is 11.2 Å². The van der Waals surface area contributed by atoms with Crippen molar-refractivity contribution in [2.45, 2.75) is 19.8 Å². The first-order valence-corrected chi connectivity index (χ1v) is 6.09. The smallest absolute Gasteiger partial charge is 0.221 e. The largest absolute Gasteiger partial charge is 0.354 e. The Balaban J connectivity index is 2.22. The number of amides is 1. The highest BCUT2D eigenvalue weighted by Crippen LogP contribution is 2.16. The number of hydrazine groups is 1. The second-order valence-corrected chi connectivity index (χ2v) is 4.11. The predicted molar refractivity (Wildman–Crippen MR) is 69.1 cm³/mol. The van der Waals surface area contributed by atoms with Crippen molar-refractivity contribution in [1.29, 1.82) is 0 Å². The van der Waals surface area contributed by atoms with Crippen molar-refractivity contribution in [2.75, 3.05) is 30.0 Å². The first kappa shape index (κ1) is 12.6. The fraction of sp³-hybridized carbons (Fsp3) is 0.545. The zero-order valence-electron chi connectivity index (χ0n) is 10.4. The summed E-state index contributed by atoms with van der Waals surface area (Å²) in [7, 11) is 0. The molecule has 1 aliphatic heterocycles. The van der Waals surface area contributed by atoms with Crippen LogP contribution >= 0.6 is 0 Å². The van der Waals surface area contributed by atoms with E-state index >= 15 is 0 Å². The van der Waals surface area contributed by atoms with Crippen LogP contribution in [-0.4, -0.2) is 35.5 Å². The van der Waals surface area contributed by atoms with Crippen molar-refractivity contribution in [3.8, 4) is 0 Å². The average molecular weight is 250 g/mol. The van der Waals surface area contributed by atoms with Gasteiger partial charge in [-0.3, -0.25) is 4.79 Å². The number of carbonyl (C=O) groups excluding carboxylic acids is 1. The summed E-state index contributed by atoms with van der Waals surface area (Å²) < 4.78 is 0. The van der Waals surface area contributed by atoms with Crippen LogP contribution in [0.4, 0.5) is 11.6 Å². The third-order valence-electron chi connectivity index (χ3n) is 2.86. The van der Waals surface area contributed by atoms with Gasteiger partial charge >= 0.3 is 0 Å². The molecule has 1 amide bonds. The van der Waals surface area contributed by atoms with E-state index in [0.717, 1.165) is 24.6 Å². The van der Waals surface area contributed by atoms with Gasteiger partial charge in [0.1, 0.15) is 17.5 Å². The Kier molecular flexibility index (Phi) is 3.93. The molecule has 0 aliphatic carbocycles. The lowest BCUT2D eigenvalue weighted by Crippen LogP contribution is -2.29. The number of aromatic nitrogens is 2. The summed E-state index contributed by atoms with van der Waals surface area (Å²) >= 11 is 0. The van der Waals surface area contributed by atoms with Crippen LogP contribution in [0.3, 0.4) is 0 Å². The van der Waals surface area contributed by atoms with E-state index in [1.165, 1.54) is 0 Å². The Morgan fingerprint density at radius 3 is 3.06 bits per heavy atom. The summed E-state index contributed by atoms with van der Waals surface area (Å²) in [5.41, 5.74) is 2.55. The van der Waals surface area contributed by atoms with Crippen molar-refractivity contribution in [1.82, 2.24) is 15.3 Å². The number of nitrogen functional groups attached to an aromatic ring is 1. The molecule has 4 N–H and O–H groups in total. The summed E-state index contributed by atoms with van der Waals surface area (Å²) in [4.78, 5) is 22.1. The van der Waals surface area contributed by atoms with Crippen molar-refractivity contribution in [3.63, 3.8) is 0 Å². The molecular formula is C11H18N6O. The first-order chi connectivity index (χ1) is 8.72. The van der Waals surface area contributed by atoms with Gasteiger partial charge in [-0.25, -0.2) is 15.8 Å². The molecule has 1 saturated heterocycles. The van der Waals surface area contributed by atoms with Crippen molar-refractivity contribution < 1.29 is 4.79 Å². The molecule has 0 atom stereocenters. The number of nitrogens with two attached hydrogens (primary N) is 1. The van der Waals surface area contributed by atoms with Gasteiger partial charge in [0.05, 0.1) is 0 Å². The van der Waals surface area contributed by atoms with Crippen LogP contribution in [0.1, 0.15) is 19.2 Å². The highest BCUT2D eigenvalue weighted by atomic mass is 16.1. The second kappa shape index (κ2) is 5.63. The predicted octanol–water partition coefficient (Wildman–Crippen LogP) is -0.349. The van der Waals surface area contributed by atoms with Gasteiger partial charge in [0.15, 0.2) is 0 Å². The monoisotopic (exact) mass is 250 g/mol. The molecule has 7 nitrogen and oxygen atoms in total. The van der Waals surface area contributed by atoms with E-state index in [0.29, 0.717) is 25.3 Å². The highest BCUT2D eigenvalue weighted by molar-refractivity contribution is 5.77. The Bertz CT molecular complexity index is 413. The fourth-order valence-corrected chi connectivity index (χ4v) is 1.87. The fourth-order valence-electron chi connectivity index (χ4n) is 1.87. The lowest BCUT2D eigenvalue weighted by molar-refractivity contribution is -0.120. The van der Waals surface area contributed by atoms with E-state index in [4.69, 9.17) is 5.84 Å². The molecule has 1 fully saturated rings. The van der Waals surface area contributed by atoms with Crippen molar-refractivity contribution in [2.24, 2.45) is 5.84 Å². The van der Waals surface area contributed by atoms with E-state index in [1.54, 1.807) is 6.07 Å². The zero-order valence-corrected chi connectivity index (χ0v) is 10.4. The number of nitrogens with one attached hydrogen (secondary N) is 2. The van der Waals surface area contributed by atoms with Crippen LogP contribution in [0, 0.1) is 0 Å². The van der Waals surface area contributed by atoms with Crippen molar-refractivity contribution >= 4 is 17.5 Å². The summed E-state index contributed by atoms with van der Waals surface area (Å²) in [5, 5.41) is 2.84. The number of hydrogen-bond donors (Lipinski definition) is 3. The molecule has 1 aliphatic rings. The maximum Gasteiger partial charge on any atom is 0.221 e. The topological polar surface area (TPSA) is 96.2 Å². The number of aryl methyl sites for hydroxylation is 1. The maximum absolute atomic E-state index is 11.3. The maximum atomic E-state index is 11.3. The molecule has 0 radical (unpaired) electrons. The summed E-state index contributed by atoms with van der Waals surface area (Å²) in [5.74, 6) is 7.63. The molecule has 0 spiro atoms. The number of nitrogens with zero attached hydrogens (tertiary/aromatic N) is 3.